The van der Waals surface area contributed by atoms with Gasteiger partial charge in [-0.05, 0) is 86.8 Å². The topological polar surface area (TPSA) is 96.0 Å². The van der Waals surface area contributed by atoms with E-state index in [0.717, 1.165) is 52.5 Å². The summed E-state index contributed by atoms with van der Waals surface area (Å²) in [6, 6.07) is 17.4. The van der Waals surface area contributed by atoms with Crippen molar-refractivity contribution in [3.05, 3.63) is 89.7 Å². The Hall–Kier alpha value is -3.92. The van der Waals surface area contributed by atoms with Crippen molar-refractivity contribution in [2.75, 3.05) is 24.0 Å². The first-order valence-corrected chi connectivity index (χ1v) is 15.1. The van der Waals surface area contributed by atoms with Crippen LogP contribution in [0, 0.1) is 12.7 Å². The van der Waals surface area contributed by atoms with Gasteiger partial charge in [0.1, 0.15) is 24.2 Å². The van der Waals surface area contributed by atoms with Crippen LogP contribution < -0.4 is 14.4 Å². The monoisotopic (exact) mass is 583 g/mol. The van der Waals surface area contributed by atoms with Gasteiger partial charge in [0.05, 0.1) is 17.2 Å². The number of carbonyl (C=O) groups is 2. The van der Waals surface area contributed by atoms with E-state index in [1.807, 2.05) is 45.0 Å². The Morgan fingerprint density at radius 2 is 1.63 bits per heavy atom. The SMILES string of the molecule is CCCCNC(=O)[C@@H](C)N(Cc1ccccc1C)C(=O)CN(c1ccc(OCC)cc1)S(=O)(=O)c1ccc(F)cc1. The van der Waals surface area contributed by atoms with Crippen LogP contribution in [0.5, 0.6) is 5.75 Å². The molecule has 8 nitrogen and oxygen atoms in total. The second-order valence-electron chi connectivity index (χ2n) is 9.66. The number of nitrogens with zero attached hydrogens (tertiary/aromatic N) is 2. The van der Waals surface area contributed by atoms with Crippen LogP contribution in [0.3, 0.4) is 0 Å². The number of anilines is 1. The smallest absolute Gasteiger partial charge is 0.264 e. The van der Waals surface area contributed by atoms with Gasteiger partial charge in [-0.1, -0.05) is 37.6 Å². The maximum Gasteiger partial charge on any atom is 0.264 e. The molecule has 0 bridgehead atoms. The van der Waals surface area contributed by atoms with Crippen molar-refractivity contribution < 1.29 is 27.1 Å². The molecule has 3 rings (SSSR count). The average molecular weight is 584 g/mol. The molecular weight excluding hydrogens is 545 g/mol. The van der Waals surface area contributed by atoms with E-state index in [1.165, 1.54) is 4.90 Å². The van der Waals surface area contributed by atoms with E-state index in [-0.39, 0.29) is 23.0 Å². The number of halogens is 1. The van der Waals surface area contributed by atoms with Gasteiger partial charge in [0, 0.05) is 13.1 Å². The number of carbonyl (C=O) groups excluding carboxylic acids is 2. The largest absolute Gasteiger partial charge is 0.494 e. The summed E-state index contributed by atoms with van der Waals surface area (Å²) in [5.74, 6) is -0.930. The predicted molar refractivity (Wildman–Crippen MR) is 158 cm³/mol. The lowest BCUT2D eigenvalue weighted by Crippen LogP contribution is -2.51. The third-order valence-corrected chi connectivity index (χ3v) is 8.50. The van der Waals surface area contributed by atoms with Gasteiger partial charge >= 0.3 is 0 Å². The zero-order valence-corrected chi connectivity index (χ0v) is 24.8. The van der Waals surface area contributed by atoms with Crippen LogP contribution in [-0.2, 0) is 26.2 Å². The highest BCUT2D eigenvalue weighted by Crippen LogP contribution is 2.27. The number of sulfonamides is 1. The second-order valence-corrected chi connectivity index (χ2v) is 11.5. The third-order valence-electron chi connectivity index (χ3n) is 6.72. The van der Waals surface area contributed by atoms with Gasteiger partial charge in [-0.15, -0.1) is 0 Å². The zero-order valence-electron chi connectivity index (χ0n) is 24.0. The number of hydrogen-bond donors (Lipinski definition) is 1. The summed E-state index contributed by atoms with van der Waals surface area (Å²) in [6.07, 6.45) is 1.70. The van der Waals surface area contributed by atoms with E-state index in [4.69, 9.17) is 4.74 Å². The fourth-order valence-corrected chi connectivity index (χ4v) is 5.64. The Morgan fingerprint density at radius 1 is 0.976 bits per heavy atom. The van der Waals surface area contributed by atoms with E-state index in [2.05, 4.69) is 5.32 Å². The standard InChI is InChI=1S/C31H38FN3O5S/c1-5-7-20-33-31(37)24(4)34(21-25-11-9-8-10-23(25)3)30(36)22-35(27-14-16-28(17-15-27)40-6-2)41(38,39)29-18-12-26(32)13-19-29/h8-19,24H,5-7,20-22H2,1-4H3,(H,33,37)/t24-/m1/s1. The Bertz CT molecular complexity index is 1410. The molecule has 0 aromatic heterocycles. The molecule has 41 heavy (non-hydrogen) atoms. The lowest BCUT2D eigenvalue weighted by molar-refractivity contribution is -0.139. The Kier molecular flexibility index (Phi) is 11.3. The number of benzene rings is 3. The van der Waals surface area contributed by atoms with Crippen LogP contribution in [0.15, 0.2) is 77.7 Å². The minimum absolute atomic E-state index is 0.113. The first-order valence-electron chi connectivity index (χ1n) is 13.7. The number of aryl methyl sites for hydroxylation is 1. The number of nitrogens with one attached hydrogen (secondary N) is 1. The quantitative estimate of drug-likeness (QED) is 0.268. The van der Waals surface area contributed by atoms with E-state index in [0.29, 0.717) is 18.9 Å². The molecule has 0 saturated heterocycles. The van der Waals surface area contributed by atoms with Crippen LogP contribution in [-0.4, -0.2) is 50.9 Å². The molecule has 0 spiro atoms. The van der Waals surface area contributed by atoms with Gasteiger partial charge in [-0.3, -0.25) is 13.9 Å². The molecule has 1 N–H and O–H groups in total. The maximum absolute atomic E-state index is 14.0. The predicted octanol–water partition coefficient (Wildman–Crippen LogP) is 5.06. The van der Waals surface area contributed by atoms with Crippen LogP contribution in [0.2, 0.25) is 0 Å². The summed E-state index contributed by atoms with van der Waals surface area (Å²) in [7, 11) is -4.29. The molecule has 3 aromatic rings. The molecule has 1 atom stereocenters. The van der Waals surface area contributed by atoms with Crippen LogP contribution >= 0.6 is 0 Å². The number of rotatable bonds is 14. The van der Waals surface area contributed by atoms with E-state index in [9.17, 15) is 22.4 Å². The number of unbranched alkanes of at least 4 members (excludes halogenated alkanes) is 1. The molecule has 10 heteroatoms. The summed E-state index contributed by atoms with van der Waals surface area (Å²) < 4.78 is 47.7. The summed E-state index contributed by atoms with van der Waals surface area (Å²) >= 11 is 0. The number of amides is 2. The van der Waals surface area contributed by atoms with Crippen molar-refractivity contribution in [3.63, 3.8) is 0 Å². The van der Waals surface area contributed by atoms with Gasteiger partial charge in [0.15, 0.2) is 0 Å². The number of ether oxygens (including phenoxy) is 1. The van der Waals surface area contributed by atoms with E-state index >= 15 is 0 Å². The normalized spacial score (nSPS) is 11.9. The molecule has 0 heterocycles. The van der Waals surface area contributed by atoms with Crippen LogP contribution in [0.4, 0.5) is 10.1 Å². The fraction of sp³-hybridized carbons (Fsp3) is 0.355. The van der Waals surface area contributed by atoms with Crippen LogP contribution in [0.1, 0.15) is 44.7 Å². The molecular formula is C31H38FN3O5S. The molecule has 0 aliphatic heterocycles. The highest BCUT2D eigenvalue weighted by atomic mass is 32.2. The van der Waals surface area contributed by atoms with Crippen molar-refractivity contribution in [3.8, 4) is 5.75 Å². The Balaban J connectivity index is 2.01. The van der Waals surface area contributed by atoms with Crippen LogP contribution in [0.25, 0.3) is 0 Å². The summed E-state index contributed by atoms with van der Waals surface area (Å²) in [4.78, 5) is 28.3. The average Bonchev–Trinajstić information content (AvgIpc) is 2.96. The molecule has 0 radical (unpaired) electrons. The first kappa shape index (κ1) is 31.6. The Labute approximate surface area is 242 Å². The van der Waals surface area contributed by atoms with Gasteiger partial charge in [-0.25, -0.2) is 12.8 Å². The van der Waals surface area contributed by atoms with Crippen molar-refractivity contribution >= 4 is 27.5 Å². The minimum atomic E-state index is -4.29. The minimum Gasteiger partial charge on any atom is -0.494 e. The summed E-state index contributed by atoms with van der Waals surface area (Å²) in [5, 5.41) is 2.87. The van der Waals surface area contributed by atoms with Crippen molar-refractivity contribution in [1.29, 1.82) is 0 Å². The molecule has 0 aliphatic carbocycles. The highest BCUT2D eigenvalue weighted by Gasteiger charge is 2.32. The molecule has 220 valence electrons. The molecule has 0 aliphatic rings. The second kappa shape index (κ2) is 14.6. The fourth-order valence-electron chi connectivity index (χ4n) is 4.23. The van der Waals surface area contributed by atoms with Gasteiger partial charge in [0.2, 0.25) is 11.8 Å². The first-order chi connectivity index (χ1) is 19.6. The summed E-state index contributed by atoms with van der Waals surface area (Å²) in [6.45, 7) is 7.84. The lowest BCUT2D eigenvalue weighted by atomic mass is 10.1. The molecule has 0 unspecified atom stereocenters. The zero-order chi connectivity index (χ0) is 30.0. The summed E-state index contributed by atoms with van der Waals surface area (Å²) in [5.41, 5.74) is 2.00. The highest BCUT2D eigenvalue weighted by molar-refractivity contribution is 7.92. The van der Waals surface area contributed by atoms with Crippen molar-refractivity contribution in [2.45, 2.75) is 58.0 Å². The van der Waals surface area contributed by atoms with Gasteiger partial charge in [-0.2, -0.15) is 0 Å². The molecule has 0 saturated carbocycles. The molecule has 0 fully saturated rings. The van der Waals surface area contributed by atoms with Gasteiger partial charge < -0.3 is 15.0 Å². The van der Waals surface area contributed by atoms with Crippen molar-refractivity contribution in [2.24, 2.45) is 0 Å². The van der Waals surface area contributed by atoms with Crippen molar-refractivity contribution in [1.82, 2.24) is 10.2 Å². The molecule has 2 amide bonds. The Morgan fingerprint density at radius 3 is 2.24 bits per heavy atom. The number of hydrogen-bond acceptors (Lipinski definition) is 5. The van der Waals surface area contributed by atoms with Gasteiger partial charge in [0.25, 0.3) is 10.0 Å². The van der Waals surface area contributed by atoms with E-state index < -0.39 is 34.3 Å². The molecule has 3 aromatic carbocycles. The third kappa shape index (κ3) is 8.29. The lowest BCUT2D eigenvalue weighted by Gasteiger charge is -2.32. The van der Waals surface area contributed by atoms with E-state index in [1.54, 1.807) is 31.2 Å². The maximum atomic E-state index is 14.0.